The third-order valence-corrected chi connectivity index (χ3v) is 4.01. The summed E-state index contributed by atoms with van der Waals surface area (Å²) in [5.74, 6) is -0.735. The molecule has 0 aromatic carbocycles. The van der Waals surface area contributed by atoms with Gasteiger partial charge in [0.05, 0.1) is 7.11 Å². The minimum absolute atomic E-state index is 0. The molecule has 9 heteroatoms. The Labute approximate surface area is 124 Å². The van der Waals surface area contributed by atoms with E-state index in [0.29, 0.717) is 6.42 Å². The van der Waals surface area contributed by atoms with Crippen LogP contribution in [0.2, 0.25) is 0 Å². The van der Waals surface area contributed by atoms with E-state index in [1.54, 1.807) is 6.92 Å². The van der Waals surface area contributed by atoms with Crippen LogP contribution in [-0.2, 0) is 14.8 Å². The minimum Gasteiger partial charge on any atom is -0.463 e. The summed E-state index contributed by atoms with van der Waals surface area (Å²) >= 11 is 0. The number of ether oxygens (including phenoxy) is 1. The zero-order valence-electron chi connectivity index (χ0n) is 11.5. The molecular formula is C11H19ClN2O5S. The van der Waals surface area contributed by atoms with Crippen LogP contribution in [0, 0.1) is 6.92 Å². The van der Waals surface area contributed by atoms with Gasteiger partial charge in [-0.05, 0) is 20.3 Å². The Balaban J connectivity index is 0.00000361. The van der Waals surface area contributed by atoms with Crippen LogP contribution in [0.1, 0.15) is 29.7 Å². The van der Waals surface area contributed by atoms with Gasteiger partial charge in [-0.3, -0.25) is 0 Å². The van der Waals surface area contributed by atoms with Crippen LogP contribution in [0.5, 0.6) is 0 Å². The van der Waals surface area contributed by atoms with Crippen LogP contribution >= 0.6 is 12.4 Å². The summed E-state index contributed by atoms with van der Waals surface area (Å²) in [7, 11) is -2.52. The van der Waals surface area contributed by atoms with Crippen molar-refractivity contribution in [2.75, 3.05) is 13.7 Å². The second-order valence-electron chi connectivity index (χ2n) is 4.19. The third-order valence-electron chi connectivity index (χ3n) is 2.44. The molecule has 0 aliphatic rings. The Morgan fingerprint density at radius 2 is 2.15 bits per heavy atom. The van der Waals surface area contributed by atoms with Crippen molar-refractivity contribution in [2.45, 2.75) is 31.2 Å². The zero-order chi connectivity index (χ0) is 14.6. The van der Waals surface area contributed by atoms with E-state index in [1.807, 2.05) is 0 Å². The molecule has 0 radical (unpaired) electrons. The maximum Gasteiger partial charge on any atom is 0.373 e. The Morgan fingerprint density at radius 3 is 2.65 bits per heavy atom. The summed E-state index contributed by atoms with van der Waals surface area (Å²) in [5, 5.41) is 0. The zero-order valence-corrected chi connectivity index (χ0v) is 13.1. The number of aryl methyl sites for hydroxylation is 1. The standard InChI is InChI=1S/C11H18N2O5S.ClH/c1-7(12)4-5-13-19(15,16)10-6-9(11(14)17-3)18-8(10)2;/h6-7,13H,4-5,12H2,1-3H3;1H. The number of sulfonamides is 1. The van der Waals surface area contributed by atoms with Crippen molar-refractivity contribution in [3.05, 3.63) is 17.6 Å². The lowest BCUT2D eigenvalue weighted by Crippen LogP contribution is -2.29. The van der Waals surface area contributed by atoms with Crippen molar-refractivity contribution in [2.24, 2.45) is 5.73 Å². The molecule has 0 saturated carbocycles. The summed E-state index contributed by atoms with van der Waals surface area (Å²) in [4.78, 5) is 11.2. The van der Waals surface area contributed by atoms with Gasteiger partial charge in [0.1, 0.15) is 10.7 Å². The van der Waals surface area contributed by atoms with Crippen molar-refractivity contribution >= 4 is 28.4 Å². The van der Waals surface area contributed by atoms with Gasteiger partial charge in [-0.1, -0.05) is 0 Å². The monoisotopic (exact) mass is 326 g/mol. The normalized spacial score (nSPS) is 12.6. The molecule has 0 amide bonds. The van der Waals surface area contributed by atoms with Crippen molar-refractivity contribution in [1.82, 2.24) is 4.72 Å². The first kappa shape index (κ1) is 18.9. The Hall–Kier alpha value is -1.09. The van der Waals surface area contributed by atoms with Gasteiger partial charge in [0.15, 0.2) is 0 Å². The van der Waals surface area contributed by atoms with E-state index in [1.165, 1.54) is 14.0 Å². The number of carbonyl (C=O) groups excluding carboxylic acids is 1. The smallest absolute Gasteiger partial charge is 0.373 e. The number of nitrogens with one attached hydrogen (secondary N) is 1. The van der Waals surface area contributed by atoms with Gasteiger partial charge < -0.3 is 14.9 Å². The molecule has 1 atom stereocenters. The van der Waals surface area contributed by atoms with Crippen molar-refractivity contribution in [1.29, 1.82) is 0 Å². The van der Waals surface area contributed by atoms with Gasteiger partial charge in [-0.15, -0.1) is 12.4 Å². The van der Waals surface area contributed by atoms with Crippen LogP contribution in [0.4, 0.5) is 0 Å². The van der Waals surface area contributed by atoms with Crippen molar-refractivity contribution in [3.8, 4) is 0 Å². The molecule has 0 bridgehead atoms. The highest BCUT2D eigenvalue weighted by Crippen LogP contribution is 2.20. The Bertz CT molecular complexity index is 553. The topological polar surface area (TPSA) is 112 Å². The van der Waals surface area contributed by atoms with Crippen LogP contribution < -0.4 is 10.5 Å². The molecule has 1 aromatic rings. The van der Waals surface area contributed by atoms with E-state index < -0.39 is 16.0 Å². The van der Waals surface area contributed by atoms with E-state index in [9.17, 15) is 13.2 Å². The average molecular weight is 327 g/mol. The lowest BCUT2D eigenvalue weighted by atomic mass is 10.3. The van der Waals surface area contributed by atoms with E-state index >= 15 is 0 Å². The number of hydrogen-bond donors (Lipinski definition) is 2. The van der Waals surface area contributed by atoms with Gasteiger partial charge >= 0.3 is 5.97 Å². The van der Waals surface area contributed by atoms with E-state index in [-0.39, 0.29) is 41.4 Å². The molecule has 20 heavy (non-hydrogen) atoms. The summed E-state index contributed by atoms with van der Waals surface area (Å²) in [6.07, 6.45) is 0.514. The molecular weight excluding hydrogens is 308 g/mol. The number of nitrogens with two attached hydrogens (primary N) is 1. The maximum atomic E-state index is 12.0. The van der Waals surface area contributed by atoms with Gasteiger partial charge in [0.25, 0.3) is 0 Å². The molecule has 0 saturated heterocycles. The summed E-state index contributed by atoms with van der Waals surface area (Å²) in [6.45, 7) is 3.47. The second-order valence-corrected chi connectivity index (χ2v) is 5.92. The van der Waals surface area contributed by atoms with Crippen LogP contribution in [-0.4, -0.2) is 34.1 Å². The molecule has 0 fully saturated rings. The Morgan fingerprint density at radius 1 is 1.55 bits per heavy atom. The minimum atomic E-state index is -3.71. The van der Waals surface area contributed by atoms with Crippen LogP contribution in [0.3, 0.4) is 0 Å². The van der Waals surface area contributed by atoms with Gasteiger partial charge in [-0.25, -0.2) is 17.9 Å². The number of methoxy groups -OCH3 is 1. The first-order valence-electron chi connectivity index (χ1n) is 5.72. The number of hydrogen-bond acceptors (Lipinski definition) is 6. The molecule has 1 aromatic heterocycles. The quantitative estimate of drug-likeness (QED) is 0.748. The highest BCUT2D eigenvalue weighted by Gasteiger charge is 2.24. The highest BCUT2D eigenvalue weighted by molar-refractivity contribution is 7.89. The van der Waals surface area contributed by atoms with E-state index in [4.69, 9.17) is 10.2 Å². The summed E-state index contributed by atoms with van der Waals surface area (Å²) < 4.78 is 35.9. The van der Waals surface area contributed by atoms with E-state index in [0.717, 1.165) is 6.07 Å². The first-order valence-corrected chi connectivity index (χ1v) is 7.20. The molecule has 0 aliphatic carbocycles. The lowest BCUT2D eigenvalue weighted by molar-refractivity contribution is 0.0563. The first-order chi connectivity index (χ1) is 8.77. The summed E-state index contributed by atoms with van der Waals surface area (Å²) in [5.41, 5.74) is 5.54. The number of carbonyl (C=O) groups is 1. The largest absolute Gasteiger partial charge is 0.463 e. The van der Waals surface area contributed by atoms with Gasteiger partial charge in [-0.2, -0.15) is 0 Å². The number of halogens is 1. The third kappa shape index (κ3) is 4.78. The SMILES string of the molecule is COC(=O)c1cc(S(=O)(=O)NCCC(C)N)c(C)o1.Cl. The molecule has 1 heterocycles. The predicted molar refractivity (Wildman–Crippen MR) is 75.5 cm³/mol. The highest BCUT2D eigenvalue weighted by atomic mass is 35.5. The predicted octanol–water partition coefficient (Wildman–Crippen LogP) is 0.812. The fourth-order valence-electron chi connectivity index (χ4n) is 1.43. The van der Waals surface area contributed by atoms with Crippen LogP contribution in [0.15, 0.2) is 15.4 Å². The lowest BCUT2D eigenvalue weighted by Gasteiger charge is -2.07. The van der Waals surface area contributed by atoms with E-state index in [2.05, 4.69) is 9.46 Å². The van der Waals surface area contributed by atoms with Gasteiger partial charge in [0.2, 0.25) is 15.8 Å². The van der Waals surface area contributed by atoms with Gasteiger partial charge in [0, 0.05) is 18.7 Å². The second kappa shape index (κ2) is 7.63. The number of furan rings is 1. The number of rotatable bonds is 6. The molecule has 3 N–H and O–H groups in total. The molecule has 1 rings (SSSR count). The number of esters is 1. The molecule has 1 unspecified atom stereocenters. The fourth-order valence-corrected chi connectivity index (χ4v) is 2.66. The summed E-state index contributed by atoms with van der Waals surface area (Å²) in [6, 6.07) is 1.05. The van der Waals surface area contributed by atoms with Crippen molar-refractivity contribution in [3.63, 3.8) is 0 Å². The maximum absolute atomic E-state index is 12.0. The molecule has 0 spiro atoms. The van der Waals surface area contributed by atoms with Crippen LogP contribution in [0.25, 0.3) is 0 Å². The van der Waals surface area contributed by atoms with Crippen molar-refractivity contribution < 1.29 is 22.4 Å². The fraction of sp³-hybridized carbons (Fsp3) is 0.545. The molecule has 116 valence electrons. The molecule has 0 aliphatic heterocycles. The average Bonchev–Trinajstić information content (AvgIpc) is 2.70. The molecule has 7 nitrogen and oxygen atoms in total. The Kier molecular flexibility index (Phi) is 7.21.